The maximum absolute atomic E-state index is 13.8. The molecule has 3 aliphatic rings. The monoisotopic (exact) mass is 578 g/mol. The molecule has 3 heterocycles. The van der Waals surface area contributed by atoms with E-state index < -0.39 is 11.7 Å². The number of benzene rings is 2. The van der Waals surface area contributed by atoms with Crippen molar-refractivity contribution in [3.05, 3.63) is 47.0 Å². The van der Waals surface area contributed by atoms with Gasteiger partial charge in [0.25, 0.3) is 0 Å². The zero-order chi connectivity index (χ0) is 24.6. The maximum Gasteiger partial charge on any atom is 0.416 e. The second-order valence-corrected chi connectivity index (χ2v) is 10.8. The van der Waals surface area contributed by atoms with Gasteiger partial charge in [0.15, 0.2) is 0 Å². The Labute approximate surface area is 233 Å². The van der Waals surface area contributed by atoms with Crippen LogP contribution in [0.5, 0.6) is 0 Å². The minimum Gasteiger partial charge on any atom is -0.382 e. The van der Waals surface area contributed by atoms with Crippen LogP contribution < -0.4 is 16.0 Å². The van der Waals surface area contributed by atoms with Crippen LogP contribution in [0.4, 0.5) is 24.5 Å². The van der Waals surface area contributed by atoms with E-state index in [4.69, 9.17) is 10.5 Å². The van der Waals surface area contributed by atoms with Crippen LogP contribution in [0.3, 0.4) is 0 Å². The molecule has 1 unspecified atom stereocenters. The van der Waals surface area contributed by atoms with Gasteiger partial charge in [0.1, 0.15) is 0 Å². The zero-order valence-electron chi connectivity index (χ0n) is 20.9. The molecule has 206 valence electrons. The van der Waals surface area contributed by atoms with Gasteiger partial charge in [-0.3, -0.25) is 0 Å². The van der Waals surface area contributed by atoms with Gasteiger partial charge in [-0.2, -0.15) is 13.2 Å². The summed E-state index contributed by atoms with van der Waals surface area (Å²) in [5.41, 5.74) is 8.94. The van der Waals surface area contributed by atoms with Gasteiger partial charge >= 0.3 is 6.18 Å². The molecule has 3 N–H and O–H groups in total. The summed E-state index contributed by atoms with van der Waals surface area (Å²) >= 11 is 1.46. The lowest BCUT2D eigenvalue weighted by atomic mass is 9.98. The highest BCUT2D eigenvalue weighted by molar-refractivity contribution is 7.99. The number of anilines is 2. The Morgan fingerprint density at radius 1 is 1.05 bits per heavy atom. The summed E-state index contributed by atoms with van der Waals surface area (Å²) in [6.45, 7) is 5.09. The molecule has 0 bridgehead atoms. The summed E-state index contributed by atoms with van der Waals surface area (Å²) in [6.07, 6.45) is -0.746. The molecule has 0 aromatic heterocycles. The summed E-state index contributed by atoms with van der Waals surface area (Å²) in [7, 11) is 1.74. The molecular weight excluding hydrogens is 544 g/mol. The molecule has 2 saturated heterocycles. The number of rotatable bonds is 6. The van der Waals surface area contributed by atoms with E-state index in [1.54, 1.807) is 7.11 Å². The Balaban J connectivity index is 0.00000190. The van der Waals surface area contributed by atoms with Gasteiger partial charge in [-0.25, -0.2) is 0 Å². The molecule has 0 radical (unpaired) electrons. The fourth-order valence-corrected chi connectivity index (χ4v) is 6.54. The van der Waals surface area contributed by atoms with Crippen molar-refractivity contribution in [1.82, 2.24) is 4.90 Å². The van der Waals surface area contributed by atoms with E-state index in [-0.39, 0.29) is 37.0 Å². The number of nitrogens with two attached hydrogens (primary N) is 1. The lowest BCUT2D eigenvalue weighted by molar-refractivity contribution is -0.137. The van der Waals surface area contributed by atoms with E-state index in [0.717, 1.165) is 73.7 Å². The topological polar surface area (TPSA) is 53.8 Å². The van der Waals surface area contributed by atoms with Gasteiger partial charge in [-0.15, -0.1) is 24.8 Å². The first kappa shape index (κ1) is 30.2. The van der Waals surface area contributed by atoms with Crippen LogP contribution >= 0.6 is 36.6 Å². The third kappa shape index (κ3) is 6.81. The van der Waals surface area contributed by atoms with Crippen LogP contribution in [0.1, 0.15) is 36.0 Å². The highest BCUT2D eigenvalue weighted by atomic mass is 35.5. The highest BCUT2D eigenvalue weighted by Crippen LogP contribution is 2.46. The SMILES string of the molecule is COC1CCN(c2ccc3c(c2)Sc2cc(C(F)(F)F)cc(NC4CCN(CCN)CC4)c2C3)C1.Cl.Cl. The van der Waals surface area contributed by atoms with E-state index in [0.29, 0.717) is 23.5 Å². The summed E-state index contributed by atoms with van der Waals surface area (Å²) in [6, 6.07) is 9.18. The largest absolute Gasteiger partial charge is 0.416 e. The lowest BCUT2D eigenvalue weighted by Crippen LogP contribution is -2.41. The fraction of sp³-hybridized carbons (Fsp3) is 0.538. The first-order chi connectivity index (χ1) is 16.8. The van der Waals surface area contributed by atoms with Crippen LogP contribution in [0.25, 0.3) is 0 Å². The van der Waals surface area contributed by atoms with E-state index in [9.17, 15) is 13.2 Å². The van der Waals surface area contributed by atoms with E-state index >= 15 is 0 Å². The zero-order valence-corrected chi connectivity index (χ0v) is 23.3. The number of nitrogens with one attached hydrogen (secondary N) is 1. The van der Waals surface area contributed by atoms with Crippen molar-refractivity contribution in [2.24, 2.45) is 5.73 Å². The third-order valence-corrected chi connectivity index (χ3v) is 8.59. The van der Waals surface area contributed by atoms with Gasteiger partial charge in [-0.1, -0.05) is 17.8 Å². The third-order valence-electron chi connectivity index (χ3n) is 7.41. The van der Waals surface area contributed by atoms with Gasteiger partial charge in [0, 0.05) is 80.0 Å². The number of hydrogen-bond donors (Lipinski definition) is 2. The highest BCUT2D eigenvalue weighted by Gasteiger charge is 2.34. The second-order valence-electron chi connectivity index (χ2n) is 9.71. The normalized spacial score (nSPS) is 20.0. The molecule has 0 aliphatic carbocycles. The van der Waals surface area contributed by atoms with Crippen LogP contribution in [0.15, 0.2) is 40.1 Å². The summed E-state index contributed by atoms with van der Waals surface area (Å²) in [4.78, 5) is 6.35. The van der Waals surface area contributed by atoms with Crippen LogP contribution in [-0.4, -0.2) is 63.4 Å². The first-order valence-electron chi connectivity index (χ1n) is 12.4. The first-order valence-corrected chi connectivity index (χ1v) is 13.2. The molecule has 2 fully saturated rings. The smallest absolute Gasteiger partial charge is 0.382 e. The number of hydrogen-bond acceptors (Lipinski definition) is 6. The number of ether oxygens (including phenoxy) is 1. The number of halogens is 5. The van der Waals surface area contributed by atoms with Crippen molar-refractivity contribution in [3.8, 4) is 0 Å². The average molecular weight is 580 g/mol. The quantitative estimate of drug-likeness (QED) is 0.393. The Morgan fingerprint density at radius 2 is 1.81 bits per heavy atom. The predicted octanol–water partition coefficient (Wildman–Crippen LogP) is 5.66. The second kappa shape index (κ2) is 12.7. The van der Waals surface area contributed by atoms with Gasteiger partial charge in [-0.05, 0) is 54.7 Å². The molecule has 5 nitrogen and oxygen atoms in total. The predicted molar refractivity (Wildman–Crippen MR) is 149 cm³/mol. The van der Waals surface area contributed by atoms with Gasteiger partial charge in [0.2, 0.25) is 0 Å². The minimum absolute atomic E-state index is 0. The van der Waals surface area contributed by atoms with Crippen molar-refractivity contribution < 1.29 is 17.9 Å². The molecule has 3 aliphatic heterocycles. The number of fused-ring (bicyclic) bond motifs is 2. The molecule has 11 heteroatoms. The maximum atomic E-state index is 13.8. The van der Waals surface area contributed by atoms with Crippen molar-refractivity contribution in [3.63, 3.8) is 0 Å². The average Bonchev–Trinajstić information content (AvgIpc) is 3.33. The summed E-state index contributed by atoms with van der Waals surface area (Å²) in [5, 5.41) is 3.49. The Kier molecular flexibility index (Phi) is 10.3. The number of likely N-dealkylation sites (tertiary alicyclic amines) is 1. The molecule has 2 aromatic rings. The minimum atomic E-state index is -4.39. The van der Waals surface area contributed by atoms with Crippen molar-refractivity contribution in [1.29, 1.82) is 0 Å². The van der Waals surface area contributed by atoms with E-state index in [1.807, 2.05) is 0 Å². The fourth-order valence-electron chi connectivity index (χ4n) is 5.36. The molecule has 0 saturated carbocycles. The molecular formula is C26H35Cl2F3N4OS. The summed E-state index contributed by atoms with van der Waals surface area (Å²) < 4.78 is 46.9. The Morgan fingerprint density at radius 3 is 2.46 bits per heavy atom. The molecule has 5 rings (SSSR count). The number of piperidine rings is 1. The van der Waals surface area contributed by atoms with Crippen LogP contribution in [0.2, 0.25) is 0 Å². The number of alkyl halides is 3. The van der Waals surface area contributed by atoms with Crippen LogP contribution in [0, 0.1) is 0 Å². The van der Waals surface area contributed by atoms with Crippen molar-refractivity contribution >= 4 is 48.0 Å². The van der Waals surface area contributed by atoms with E-state index in [2.05, 4.69) is 33.3 Å². The van der Waals surface area contributed by atoms with E-state index in [1.165, 1.54) is 23.9 Å². The standard InChI is InChI=1S/C26H33F3N4OS.2ClH/c1-34-21-6-10-33(16-21)20-3-2-17-12-22-23(31-19-4-8-32(9-5-19)11-7-30)13-18(26(27,28)29)14-25(22)35-24(17)15-20;;/h2-3,13-15,19,21,31H,4-12,16,30H2,1H3;2*1H. The van der Waals surface area contributed by atoms with Crippen molar-refractivity contribution in [2.45, 2.75) is 53.8 Å². The number of nitrogens with zero attached hydrogens (tertiary/aromatic N) is 2. The Hall–Kier alpha value is -1.36. The lowest BCUT2D eigenvalue weighted by Gasteiger charge is -2.34. The molecule has 37 heavy (non-hydrogen) atoms. The van der Waals surface area contributed by atoms with Gasteiger partial charge < -0.3 is 25.6 Å². The molecule has 2 aromatic carbocycles. The molecule has 0 spiro atoms. The molecule has 0 amide bonds. The van der Waals surface area contributed by atoms with Crippen molar-refractivity contribution in [2.75, 3.05) is 56.6 Å². The molecule has 1 atom stereocenters. The van der Waals surface area contributed by atoms with Gasteiger partial charge in [0.05, 0.1) is 11.7 Å². The Bertz CT molecular complexity index is 1070. The number of methoxy groups -OCH3 is 1. The van der Waals surface area contributed by atoms with Crippen LogP contribution in [-0.2, 0) is 17.3 Å². The summed E-state index contributed by atoms with van der Waals surface area (Å²) in [5.74, 6) is 0.